The van der Waals surface area contributed by atoms with E-state index in [2.05, 4.69) is 5.10 Å². The van der Waals surface area contributed by atoms with Gasteiger partial charge in [0.2, 0.25) is 0 Å². The van der Waals surface area contributed by atoms with Crippen molar-refractivity contribution in [2.45, 2.75) is 0 Å². The molecule has 0 N–H and O–H groups in total. The van der Waals surface area contributed by atoms with Crippen LogP contribution >= 0.6 is 0 Å². The van der Waals surface area contributed by atoms with Gasteiger partial charge in [-0.2, -0.15) is 5.10 Å². The molecule has 0 spiro atoms. The number of amides is 2. The third-order valence-corrected chi connectivity index (χ3v) is 6.57. The van der Waals surface area contributed by atoms with E-state index in [4.69, 9.17) is 0 Å². The Labute approximate surface area is 231 Å². The van der Waals surface area contributed by atoms with Crippen LogP contribution in [0.25, 0.3) is 21.8 Å². The minimum Gasteiger partial charge on any atom is -0.326 e. The van der Waals surface area contributed by atoms with Gasteiger partial charge in [-0.15, -0.1) is 0 Å². The summed E-state index contributed by atoms with van der Waals surface area (Å²) in [6.07, 6.45) is 5.14. The van der Waals surface area contributed by atoms with E-state index in [9.17, 15) is 19.2 Å². The molecule has 1 aliphatic heterocycles. The van der Waals surface area contributed by atoms with Crippen molar-refractivity contribution >= 4 is 27.8 Å². The van der Waals surface area contributed by atoms with Crippen molar-refractivity contribution in [1.82, 2.24) is 37.8 Å². The van der Waals surface area contributed by atoms with Gasteiger partial charge in [-0.3, -0.25) is 13.9 Å². The zero-order valence-corrected chi connectivity index (χ0v) is 24.0. The molecule has 1 fully saturated rings. The summed E-state index contributed by atoms with van der Waals surface area (Å²) in [5.74, 6) is 0. The molecule has 4 heterocycles. The highest BCUT2D eigenvalue weighted by molar-refractivity contribution is 5.80. The summed E-state index contributed by atoms with van der Waals surface area (Å²) in [6, 6.07) is 15.3. The molecule has 6 rings (SSSR count). The second kappa shape index (κ2) is 12.8. The van der Waals surface area contributed by atoms with E-state index < -0.39 is 0 Å². The fraction of sp³-hybridized carbons (Fsp3) is 0.321. The highest BCUT2D eigenvalue weighted by Gasteiger charge is 2.20. The van der Waals surface area contributed by atoms with Crippen LogP contribution in [-0.2, 0) is 35.2 Å². The monoisotopic (exact) mass is 548 g/mol. The number of imidazole rings is 2. The molecule has 12 nitrogen and oxygen atoms in total. The summed E-state index contributed by atoms with van der Waals surface area (Å²) < 4.78 is 7.69. The number of fused-ring (bicyclic) bond motifs is 2. The number of urea groups is 1. The molecular weight excluding hydrogens is 512 g/mol. The summed E-state index contributed by atoms with van der Waals surface area (Å²) in [7, 11) is 12.3. The standard InChI is InChI=1S/C9H10N2O.C9H8N2O.C5H10N2O.C5H8N2O/c1-10-7-5-3-4-6-8(7)11(2)9(10)12;1-11-9(12)8-5-3-2-4-7(8)6-10-11;2*1-6-3-4-7(2)5(6)8/h3-6H,1-2H3;2-6H,1H3;3-4H2,1-2H3;3-4H,1-2H3. The van der Waals surface area contributed by atoms with Crippen molar-refractivity contribution in [1.29, 1.82) is 0 Å². The Hall–Kier alpha value is -4.87. The molecule has 3 aromatic heterocycles. The van der Waals surface area contributed by atoms with Gasteiger partial charge >= 0.3 is 17.4 Å². The molecule has 5 aromatic rings. The van der Waals surface area contributed by atoms with Crippen LogP contribution in [0.3, 0.4) is 0 Å². The second-order valence-corrected chi connectivity index (χ2v) is 9.48. The first-order valence-corrected chi connectivity index (χ1v) is 12.6. The molecule has 1 aliphatic rings. The number of aryl methyl sites for hydroxylation is 5. The Morgan fingerprint density at radius 3 is 1.52 bits per heavy atom. The van der Waals surface area contributed by atoms with E-state index in [1.54, 1.807) is 78.8 Å². The number of carbonyl (C=O) groups is 1. The zero-order chi connectivity index (χ0) is 29.6. The van der Waals surface area contributed by atoms with Gasteiger partial charge < -0.3 is 18.9 Å². The van der Waals surface area contributed by atoms with E-state index in [0.29, 0.717) is 0 Å². The molecule has 0 bridgehead atoms. The van der Waals surface area contributed by atoms with Crippen molar-refractivity contribution in [3.05, 3.63) is 98.4 Å². The van der Waals surface area contributed by atoms with Gasteiger partial charge in [0.05, 0.1) is 22.6 Å². The Kier molecular flexibility index (Phi) is 9.49. The third kappa shape index (κ3) is 6.57. The largest absolute Gasteiger partial charge is 0.328 e. The maximum absolute atomic E-state index is 11.4. The van der Waals surface area contributed by atoms with E-state index in [0.717, 1.165) is 34.9 Å². The molecule has 0 unspecified atom stereocenters. The van der Waals surface area contributed by atoms with Crippen LogP contribution in [0.4, 0.5) is 4.79 Å². The summed E-state index contributed by atoms with van der Waals surface area (Å²) in [5, 5.41) is 5.52. The van der Waals surface area contributed by atoms with Gasteiger partial charge in [0.1, 0.15) is 0 Å². The van der Waals surface area contributed by atoms with Gasteiger partial charge in [-0.1, -0.05) is 30.3 Å². The summed E-state index contributed by atoms with van der Waals surface area (Å²) in [5.41, 5.74) is 1.95. The fourth-order valence-corrected chi connectivity index (χ4v) is 4.00. The van der Waals surface area contributed by atoms with Crippen molar-refractivity contribution < 1.29 is 4.79 Å². The fourth-order valence-electron chi connectivity index (χ4n) is 4.00. The first kappa shape index (κ1) is 29.7. The number of rotatable bonds is 0. The lowest BCUT2D eigenvalue weighted by Crippen LogP contribution is -2.25. The van der Waals surface area contributed by atoms with Crippen LogP contribution in [-0.4, -0.2) is 71.1 Å². The second-order valence-electron chi connectivity index (χ2n) is 9.48. The summed E-state index contributed by atoms with van der Waals surface area (Å²) in [6.45, 7) is 1.74. The minimum atomic E-state index is -0.0481. The topological polar surface area (TPSA) is 112 Å². The number of hydrogen-bond donors (Lipinski definition) is 0. The number of likely N-dealkylation sites (N-methyl/N-ethyl adjacent to an activating group) is 2. The summed E-state index contributed by atoms with van der Waals surface area (Å²) in [4.78, 5) is 47.7. The van der Waals surface area contributed by atoms with Crippen LogP contribution in [0.15, 0.2) is 81.5 Å². The molecule has 0 saturated carbocycles. The predicted molar refractivity (Wildman–Crippen MR) is 156 cm³/mol. The number of carbonyl (C=O) groups excluding carboxylic acids is 1. The van der Waals surface area contributed by atoms with E-state index in [1.165, 1.54) is 13.8 Å². The quantitative estimate of drug-likeness (QED) is 0.291. The van der Waals surface area contributed by atoms with Crippen LogP contribution in [0.1, 0.15) is 0 Å². The van der Waals surface area contributed by atoms with Gasteiger partial charge in [0.25, 0.3) is 5.56 Å². The zero-order valence-electron chi connectivity index (χ0n) is 24.0. The van der Waals surface area contributed by atoms with Crippen LogP contribution < -0.4 is 16.9 Å². The number of aromatic nitrogens is 6. The van der Waals surface area contributed by atoms with Gasteiger partial charge in [-0.25, -0.2) is 19.1 Å². The lowest BCUT2D eigenvalue weighted by molar-refractivity contribution is 0.205. The Balaban J connectivity index is 0.000000150. The van der Waals surface area contributed by atoms with Crippen LogP contribution in [0.2, 0.25) is 0 Å². The van der Waals surface area contributed by atoms with E-state index in [1.807, 2.05) is 56.6 Å². The average Bonchev–Trinajstić information content (AvgIpc) is 3.51. The molecule has 12 heteroatoms. The van der Waals surface area contributed by atoms with Crippen LogP contribution in [0, 0.1) is 0 Å². The Morgan fingerprint density at radius 1 is 0.625 bits per heavy atom. The van der Waals surface area contributed by atoms with Crippen molar-refractivity contribution in [3.63, 3.8) is 0 Å². The summed E-state index contributed by atoms with van der Waals surface area (Å²) >= 11 is 0. The molecule has 2 amide bonds. The molecule has 0 aliphatic carbocycles. The molecule has 2 aromatic carbocycles. The number of nitrogens with zero attached hydrogens (tertiary/aromatic N) is 8. The normalized spacial score (nSPS) is 12.4. The third-order valence-electron chi connectivity index (χ3n) is 6.57. The maximum Gasteiger partial charge on any atom is 0.328 e. The Bertz CT molecular complexity index is 1710. The van der Waals surface area contributed by atoms with E-state index in [-0.39, 0.29) is 23.0 Å². The molecular formula is C28H36N8O4. The lowest BCUT2D eigenvalue weighted by Gasteiger charge is -2.07. The van der Waals surface area contributed by atoms with Gasteiger partial charge in [-0.05, 0) is 18.2 Å². The van der Waals surface area contributed by atoms with Gasteiger partial charge in [0, 0.05) is 80.2 Å². The molecule has 1 saturated heterocycles. The molecule has 0 atom stereocenters. The highest BCUT2D eigenvalue weighted by atomic mass is 16.2. The SMILES string of the molecule is CN1CCN(C)C1=O.Cn1c(=O)n(C)c2ccccc21.Cn1ccn(C)c1=O.Cn1ncc2ccccc2c1=O. The number of hydrogen-bond acceptors (Lipinski definition) is 5. The first-order chi connectivity index (χ1) is 18.9. The Morgan fingerprint density at radius 2 is 1.10 bits per heavy atom. The first-order valence-electron chi connectivity index (χ1n) is 12.6. The predicted octanol–water partition coefficient (Wildman–Crippen LogP) is 1.52. The number of para-hydroxylation sites is 2. The van der Waals surface area contributed by atoms with Crippen LogP contribution in [0.5, 0.6) is 0 Å². The smallest absolute Gasteiger partial charge is 0.326 e. The lowest BCUT2D eigenvalue weighted by atomic mass is 10.2. The van der Waals surface area contributed by atoms with Crippen molar-refractivity contribution in [2.75, 3.05) is 27.2 Å². The number of benzene rings is 2. The molecule has 0 radical (unpaired) electrons. The molecule has 212 valence electrons. The minimum absolute atomic E-state index is 0.0185. The molecule has 40 heavy (non-hydrogen) atoms. The van der Waals surface area contributed by atoms with Gasteiger partial charge in [0.15, 0.2) is 0 Å². The highest BCUT2D eigenvalue weighted by Crippen LogP contribution is 2.09. The van der Waals surface area contributed by atoms with E-state index >= 15 is 0 Å². The average molecular weight is 549 g/mol. The van der Waals surface area contributed by atoms with Crippen molar-refractivity contribution in [3.8, 4) is 0 Å². The van der Waals surface area contributed by atoms with Crippen molar-refractivity contribution in [2.24, 2.45) is 35.2 Å². The maximum atomic E-state index is 11.4.